The summed E-state index contributed by atoms with van der Waals surface area (Å²) < 4.78 is 0. The van der Waals surface area contributed by atoms with Gasteiger partial charge in [-0.15, -0.1) is 0 Å². The number of hydrogen-bond donors (Lipinski definition) is 1. The number of aliphatic carboxylic acids is 1. The fraction of sp³-hybridized carbons (Fsp3) is 0.444. The van der Waals surface area contributed by atoms with Crippen LogP contribution in [0.1, 0.15) is 19.8 Å². The molecule has 0 aliphatic heterocycles. The van der Waals surface area contributed by atoms with Crippen LogP contribution in [0.5, 0.6) is 0 Å². The third kappa shape index (κ3) is 1.70. The van der Waals surface area contributed by atoms with Crippen molar-refractivity contribution in [3.05, 3.63) is 23.8 Å². The summed E-state index contributed by atoms with van der Waals surface area (Å²) in [5, 5.41) is 8.77. The zero-order valence-electron chi connectivity index (χ0n) is 6.58. The molecule has 0 saturated carbocycles. The Morgan fingerprint density at radius 2 is 2.55 bits per heavy atom. The highest BCUT2D eigenvalue weighted by Gasteiger charge is 2.20. The fourth-order valence-corrected chi connectivity index (χ4v) is 1.30. The summed E-state index contributed by atoms with van der Waals surface area (Å²) in [4.78, 5) is 10.6. The van der Waals surface area contributed by atoms with Crippen LogP contribution in [0, 0.1) is 5.92 Å². The Morgan fingerprint density at radius 1 is 1.82 bits per heavy atom. The average molecular weight is 152 g/mol. The van der Waals surface area contributed by atoms with Crippen LogP contribution in [0.2, 0.25) is 0 Å². The molecule has 2 heteroatoms. The van der Waals surface area contributed by atoms with Crippen LogP contribution in [0.25, 0.3) is 0 Å². The second kappa shape index (κ2) is 3.37. The van der Waals surface area contributed by atoms with Gasteiger partial charge in [-0.2, -0.15) is 0 Å². The van der Waals surface area contributed by atoms with E-state index in [1.807, 2.05) is 25.2 Å². The topological polar surface area (TPSA) is 37.3 Å². The van der Waals surface area contributed by atoms with Crippen LogP contribution in [-0.2, 0) is 4.79 Å². The van der Waals surface area contributed by atoms with Gasteiger partial charge in [-0.3, -0.25) is 4.79 Å². The van der Waals surface area contributed by atoms with E-state index in [9.17, 15) is 4.79 Å². The number of hydrogen-bond acceptors (Lipinski definition) is 1. The Morgan fingerprint density at radius 3 is 3.00 bits per heavy atom. The van der Waals surface area contributed by atoms with Gasteiger partial charge in [0.25, 0.3) is 0 Å². The minimum absolute atomic E-state index is 0.273. The van der Waals surface area contributed by atoms with Gasteiger partial charge in [-0.05, 0) is 12.8 Å². The number of carboxylic acid groups (broad SMARTS) is 1. The predicted molar refractivity (Wildman–Crippen MR) is 43.3 cm³/mol. The average Bonchev–Trinajstić information content (AvgIpc) is 2.04. The van der Waals surface area contributed by atoms with E-state index >= 15 is 0 Å². The van der Waals surface area contributed by atoms with E-state index in [1.165, 1.54) is 0 Å². The highest BCUT2D eigenvalue weighted by molar-refractivity contribution is 5.74. The molecule has 11 heavy (non-hydrogen) atoms. The second-order valence-electron chi connectivity index (χ2n) is 2.65. The maximum Gasteiger partial charge on any atom is 0.310 e. The molecule has 0 heterocycles. The monoisotopic (exact) mass is 152 g/mol. The molecule has 1 aliphatic rings. The van der Waals surface area contributed by atoms with E-state index in [2.05, 4.69) is 0 Å². The summed E-state index contributed by atoms with van der Waals surface area (Å²) in [5.41, 5.74) is 1.03. The molecule has 2 nitrogen and oxygen atoms in total. The van der Waals surface area contributed by atoms with Crippen LogP contribution in [0.4, 0.5) is 0 Å². The van der Waals surface area contributed by atoms with Crippen LogP contribution in [0.15, 0.2) is 23.8 Å². The van der Waals surface area contributed by atoms with E-state index in [4.69, 9.17) is 5.11 Å². The molecule has 1 unspecified atom stereocenters. The SMILES string of the molecule is CCC1=CC=CCC1C(=O)O. The molecule has 0 aromatic heterocycles. The molecule has 1 rings (SSSR count). The molecule has 1 atom stereocenters. The third-order valence-electron chi connectivity index (χ3n) is 1.97. The summed E-state index contributed by atoms with van der Waals surface area (Å²) in [6.07, 6.45) is 7.22. The maximum absolute atomic E-state index is 10.6. The van der Waals surface area contributed by atoms with Crippen LogP contribution in [0.3, 0.4) is 0 Å². The normalized spacial score (nSPS) is 23.0. The lowest BCUT2D eigenvalue weighted by Crippen LogP contribution is -2.16. The molecule has 1 aliphatic carbocycles. The Hall–Kier alpha value is -1.05. The zero-order chi connectivity index (χ0) is 8.27. The molecule has 0 spiro atoms. The lowest BCUT2D eigenvalue weighted by atomic mass is 9.90. The molecule has 1 N–H and O–H groups in total. The van der Waals surface area contributed by atoms with Crippen molar-refractivity contribution < 1.29 is 9.90 Å². The van der Waals surface area contributed by atoms with Gasteiger partial charge in [0.05, 0.1) is 5.92 Å². The largest absolute Gasteiger partial charge is 0.481 e. The van der Waals surface area contributed by atoms with Gasteiger partial charge in [0, 0.05) is 0 Å². The first kappa shape index (κ1) is 8.05. The van der Waals surface area contributed by atoms with Crippen molar-refractivity contribution >= 4 is 5.97 Å². The molecule has 0 amide bonds. The first-order valence-corrected chi connectivity index (χ1v) is 3.84. The minimum atomic E-state index is -0.706. The summed E-state index contributed by atoms with van der Waals surface area (Å²) in [6.45, 7) is 1.99. The van der Waals surface area contributed by atoms with Crippen molar-refractivity contribution in [3.63, 3.8) is 0 Å². The summed E-state index contributed by atoms with van der Waals surface area (Å²) in [5.74, 6) is -0.979. The maximum atomic E-state index is 10.6. The van der Waals surface area contributed by atoms with E-state index < -0.39 is 5.97 Å². The van der Waals surface area contributed by atoms with Crippen LogP contribution >= 0.6 is 0 Å². The molecule has 0 aromatic carbocycles. The summed E-state index contributed by atoms with van der Waals surface area (Å²) in [7, 11) is 0. The molecule has 0 saturated heterocycles. The fourth-order valence-electron chi connectivity index (χ4n) is 1.30. The zero-order valence-corrected chi connectivity index (χ0v) is 6.58. The van der Waals surface area contributed by atoms with Gasteiger partial charge >= 0.3 is 5.97 Å². The molecule has 0 fully saturated rings. The predicted octanol–water partition coefficient (Wildman–Crippen LogP) is 1.98. The third-order valence-corrected chi connectivity index (χ3v) is 1.97. The molecular weight excluding hydrogens is 140 g/mol. The standard InChI is InChI=1S/C9H12O2/c1-2-7-5-3-4-6-8(7)9(10)11/h3-5,8H,2,6H2,1H3,(H,10,11). The van der Waals surface area contributed by atoms with Crippen LogP contribution in [-0.4, -0.2) is 11.1 Å². The van der Waals surface area contributed by atoms with Crippen LogP contribution < -0.4 is 0 Å². The first-order chi connectivity index (χ1) is 5.25. The summed E-state index contributed by atoms with van der Waals surface area (Å²) in [6, 6.07) is 0. The van der Waals surface area contributed by atoms with Crippen molar-refractivity contribution in [1.29, 1.82) is 0 Å². The number of carbonyl (C=O) groups is 1. The van der Waals surface area contributed by atoms with Crippen molar-refractivity contribution in [2.75, 3.05) is 0 Å². The van der Waals surface area contributed by atoms with Gasteiger partial charge in [0.1, 0.15) is 0 Å². The van der Waals surface area contributed by atoms with Crippen molar-refractivity contribution in [1.82, 2.24) is 0 Å². The van der Waals surface area contributed by atoms with E-state index in [1.54, 1.807) is 0 Å². The highest BCUT2D eigenvalue weighted by atomic mass is 16.4. The van der Waals surface area contributed by atoms with Gasteiger partial charge in [-0.1, -0.05) is 30.7 Å². The van der Waals surface area contributed by atoms with E-state index in [0.717, 1.165) is 12.0 Å². The molecular formula is C9H12O2. The number of carboxylic acids is 1. The Labute approximate surface area is 66.2 Å². The van der Waals surface area contributed by atoms with Crippen molar-refractivity contribution in [2.24, 2.45) is 5.92 Å². The quantitative estimate of drug-likeness (QED) is 0.657. The van der Waals surface area contributed by atoms with E-state index in [-0.39, 0.29) is 5.92 Å². The molecule has 0 bridgehead atoms. The number of rotatable bonds is 2. The molecule has 0 aromatic rings. The number of allylic oxidation sites excluding steroid dienone is 3. The van der Waals surface area contributed by atoms with Gasteiger partial charge in [0.15, 0.2) is 0 Å². The minimum Gasteiger partial charge on any atom is -0.481 e. The lowest BCUT2D eigenvalue weighted by molar-refractivity contribution is -0.140. The van der Waals surface area contributed by atoms with Gasteiger partial charge < -0.3 is 5.11 Å². The smallest absolute Gasteiger partial charge is 0.310 e. The molecule has 0 radical (unpaired) electrons. The van der Waals surface area contributed by atoms with Gasteiger partial charge in [0.2, 0.25) is 0 Å². The second-order valence-corrected chi connectivity index (χ2v) is 2.65. The van der Waals surface area contributed by atoms with E-state index in [0.29, 0.717) is 6.42 Å². The van der Waals surface area contributed by atoms with Crippen molar-refractivity contribution in [2.45, 2.75) is 19.8 Å². The Balaban J connectivity index is 2.75. The van der Waals surface area contributed by atoms with Gasteiger partial charge in [-0.25, -0.2) is 0 Å². The Kier molecular flexibility index (Phi) is 2.47. The molecule has 60 valence electrons. The first-order valence-electron chi connectivity index (χ1n) is 3.84. The Bertz CT molecular complexity index is 214. The lowest BCUT2D eigenvalue weighted by Gasteiger charge is -2.15. The van der Waals surface area contributed by atoms with Crippen molar-refractivity contribution in [3.8, 4) is 0 Å². The highest BCUT2D eigenvalue weighted by Crippen LogP contribution is 2.22. The summed E-state index contributed by atoms with van der Waals surface area (Å²) >= 11 is 0.